The van der Waals surface area contributed by atoms with E-state index in [2.05, 4.69) is 14.7 Å². The van der Waals surface area contributed by atoms with E-state index >= 15 is 0 Å². The zero-order chi connectivity index (χ0) is 18.2. The lowest BCUT2D eigenvalue weighted by Gasteiger charge is -2.27. The Labute approximate surface area is 164 Å². The van der Waals surface area contributed by atoms with Gasteiger partial charge >= 0.3 is 0 Å². The number of nitrogens with one attached hydrogen (secondary N) is 2. The van der Waals surface area contributed by atoms with Crippen molar-refractivity contribution in [2.24, 2.45) is 0 Å². The summed E-state index contributed by atoms with van der Waals surface area (Å²) < 4.78 is 59.3. The van der Waals surface area contributed by atoms with Gasteiger partial charge in [-0.15, -0.1) is 12.4 Å². The normalized spacial score (nSPS) is 17.0. The summed E-state index contributed by atoms with van der Waals surface area (Å²) in [6.07, 6.45) is 1.91. The van der Waals surface area contributed by atoms with Crippen molar-refractivity contribution < 1.29 is 17.2 Å². The molecule has 3 rings (SSSR count). The van der Waals surface area contributed by atoms with Crippen molar-refractivity contribution in [1.82, 2.24) is 14.7 Å². The van der Waals surface area contributed by atoms with Gasteiger partial charge in [-0.1, -0.05) is 11.6 Å². The lowest BCUT2D eigenvalue weighted by atomic mass is 10.2. The molecule has 2 aromatic rings. The van der Waals surface area contributed by atoms with Crippen molar-refractivity contribution in [3.8, 4) is 0 Å². The van der Waals surface area contributed by atoms with E-state index in [9.17, 15) is 17.2 Å². The van der Waals surface area contributed by atoms with Crippen molar-refractivity contribution >= 4 is 56.4 Å². The first-order chi connectivity index (χ1) is 11.8. The summed E-state index contributed by atoms with van der Waals surface area (Å²) in [5, 5.41) is 2.59. The SMILES string of the molecule is CN(c1cc(F)c(S(=O)(=O)Nc2ncns2)c(F)c1Cl)C1CCNC1.Cl. The number of likely N-dealkylation sites (N-methyl/N-ethyl adjacent to an activating group) is 1. The van der Waals surface area contributed by atoms with Crippen molar-refractivity contribution in [1.29, 1.82) is 0 Å². The van der Waals surface area contributed by atoms with Crippen molar-refractivity contribution in [3.05, 3.63) is 29.1 Å². The summed E-state index contributed by atoms with van der Waals surface area (Å²) in [7, 11) is -2.88. The minimum absolute atomic E-state index is 0. The summed E-state index contributed by atoms with van der Waals surface area (Å²) in [6.45, 7) is 1.44. The standard InChI is InChI=1S/C13H14ClF2N5O2S2.ClH/c1-21(7-2-3-17-5-7)9-4-8(15)12(11(16)10(9)14)25(22,23)20-13-18-6-19-24-13;/h4,6-7,17H,2-3,5H2,1H3,(H,18,19,20);1H. The molecule has 1 aromatic heterocycles. The van der Waals surface area contributed by atoms with Gasteiger partial charge in [0.15, 0.2) is 10.7 Å². The average molecular weight is 446 g/mol. The Hall–Kier alpha value is -1.27. The van der Waals surface area contributed by atoms with E-state index < -0.39 is 31.6 Å². The lowest BCUT2D eigenvalue weighted by Crippen LogP contribution is -2.34. The van der Waals surface area contributed by atoms with Crippen LogP contribution in [0.2, 0.25) is 5.02 Å². The molecular weight excluding hydrogens is 431 g/mol. The smallest absolute Gasteiger partial charge is 0.269 e. The number of halogens is 4. The van der Waals surface area contributed by atoms with Gasteiger partial charge < -0.3 is 10.2 Å². The number of hydrogen-bond donors (Lipinski definition) is 2. The summed E-state index contributed by atoms with van der Waals surface area (Å²) >= 11 is 6.75. The third kappa shape index (κ3) is 4.01. The third-order valence-electron chi connectivity index (χ3n) is 3.91. The number of hydrogen-bond acceptors (Lipinski definition) is 7. The Kier molecular flexibility index (Phi) is 6.61. The molecule has 2 heterocycles. The predicted octanol–water partition coefficient (Wildman–Crippen LogP) is 2.49. The minimum atomic E-state index is -4.54. The molecule has 144 valence electrons. The highest BCUT2D eigenvalue weighted by Crippen LogP contribution is 2.36. The number of benzene rings is 1. The summed E-state index contributed by atoms with van der Waals surface area (Å²) in [6, 6.07) is 0.941. The molecule has 7 nitrogen and oxygen atoms in total. The van der Waals surface area contributed by atoms with E-state index in [-0.39, 0.29) is 29.3 Å². The van der Waals surface area contributed by atoms with E-state index in [1.54, 1.807) is 11.9 Å². The molecule has 2 N–H and O–H groups in total. The number of rotatable bonds is 5. The molecule has 0 spiro atoms. The van der Waals surface area contributed by atoms with Gasteiger partial charge in [-0.05, 0) is 13.0 Å². The van der Waals surface area contributed by atoms with Crippen molar-refractivity contribution in [2.75, 3.05) is 29.8 Å². The first kappa shape index (κ1) is 21.0. The number of anilines is 2. The van der Waals surface area contributed by atoms with Gasteiger partial charge in [-0.3, -0.25) is 4.72 Å². The molecule has 1 atom stereocenters. The molecule has 1 aliphatic heterocycles. The van der Waals surface area contributed by atoms with Crippen LogP contribution in [-0.4, -0.2) is 44.0 Å². The molecule has 1 aliphatic rings. The topological polar surface area (TPSA) is 87.2 Å². The first-order valence-corrected chi connectivity index (χ1v) is 9.85. The molecule has 1 saturated heterocycles. The third-order valence-corrected chi connectivity index (χ3v) is 6.35. The molecule has 1 unspecified atom stereocenters. The Morgan fingerprint density at radius 2 is 2.19 bits per heavy atom. The summed E-state index contributed by atoms with van der Waals surface area (Å²) in [5.41, 5.74) is 0.0974. The quantitative estimate of drug-likeness (QED) is 0.687. The summed E-state index contributed by atoms with van der Waals surface area (Å²) in [5.74, 6) is -2.57. The molecule has 0 radical (unpaired) electrons. The number of sulfonamides is 1. The fourth-order valence-electron chi connectivity index (χ4n) is 2.62. The molecular formula is C13H15Cl2F2N5O2S2. The molecule has 0 bridgehead atoms. The van der Waals surface area contributed by atoms with Gasteiger partial charge in [0, 0.05) is 37.2 Å². The van der Waals surface area contributed by atoms with Crippen LogP contribution in [0.5, 0.6) is 0 Å². The second-order valence-electron chi connectivity index (χ2n) is 5.44. The van der Waals surface area contributed by atoms with Crippen LogP contribution in [0.1, 0.15) is 6.42 Å². The largest absolute Gasteiger partial charge is 0.369 e. The van der Waals surface area contributed by atoms with E-state index in [1.807, 2.05) is 4.72 Å². The highest BCUT2D eigenvalue weighted by molar-refractivity contribution is 7.93. The average Bonchev–Trinajstić information content (AvgIpc) is 3.22. The maximum Gasteiger partial charge on any atom is 0.269 e. The van der Waals surface area contributed by atoms with E-state index in [4.69, 9.17) is 11.6 Å². The maximum absolute atomic E-state index is 14.6. The van der Waals surface area contributed by atoms with Crippen LogP contribution >= 0.6 is 35.5 Å². The highest BCUT2D eigenvalue weighted by Gasteiger charge is 2.31. The van der Waals surface area contributed by atoms with Crippen LogP contribution < -0.4 is 14.9 Å². The van der Waals surface area contributed by atoms with E-state index in [1.165, 1.54) is 0 Å². The van der Waals surface area contributed by atoms with Gasteiger partial charge in [-0.25, -0.2) is 22.2 Å². The second-order valence-corrected chi connectivity index (χ2v) is 8.22. The molecule has 0 saturated carbocycles. The monoisotopic (exact) mass is 445 g/mol. The minimum Gasteiger partial charge on any atom is -0.369 e. The van der Waals surface area contributed by atoms with Gasteiger partial charge in [0.05, 0.1) is 5.69 Å². The fourth-order valence-corrected chi connectivity index (χ4v) is 4.76. The Morgan fingerprint density at radius 1 is 1.46 bits per heavy atom. The number of nitrogens with zero attached hydrogens (tertiary/aromatic N) is 3. The van der Waals surface area contributed by atoms with E-state index in [0.717, 1.165) is 36.9 Å². The summed E-state index contributed by atoms with van der Waals surface area (Å²) in [4.78, 5) is 4.13. The second kappa shape index (κ2) is 8.17. The van der Waals surface area contributed by atoms with Gasteiger partial charge in [0.25, 0.3) is 10.0 Å². The number of aromatic nitrogens is 2. The van der Waals surface area contributed by atoms with Crippen LogP contribution in [0.4, 0.5) is 19.6 Å². The van der Waals surface area contributed by atoms with Crippen LogP contribution in [0, 0.1) is 11.6 Å². The zero-order valence-electron chi connectivity index (χ0n) is 13.4. The fraction of sp³-hybridized carbons (Fsp3) is 0.385. The maximum atomic E-state index is 14.6. The Bertz CT molecular complexity index is 877. The Morgan fingerprint density at radius 3 is 2.77 bits per heavy atom. The molecule has 1 fully saturated rings. The zero-order valence-corrected chi connectivity index (χ0v) is 16.6. The van der Waals surface area contributed by atoms with Crippen LogP contribution in [0.25, 0.3) is 0 Å². The molecule has 1 aromatic carbocycles. The molecule has 26 heavy (non-hydrogen) atoms. The van der Waals surface area contributed by atoms with E-state index in [0.29, 0.717) is 6.54 Å². The highest BCUT2D eigenvalue weighted by atomic mass is 35.5. The van der Waals surface area contributed by atoms with Crippen LogP contribution in [0.15, 0.2) is 17.3 Å². The van der Waals surface area contributed by atoms with Gasteiger partial charge in [0.2, 0.25) is 5.13 Å². The van der Waals surface area contributed by atoms with Gasteiger partial charge in [-0.2, -0.15) is 4.37 Å². The van der Waals surface area contributed by atoms with Gasteiger partial charge in [0.1, 0.15) is 17.2 Å². The van der Waals surface area contributed by atoms with Crippen molar-refractivity contribution in [2.45, 2.75) is 17.4 Å². The first-order valence-electron chi connectivity index (χ1n) is 7.22. The van der Waals surface area contributed by atoms with Crippen LogP contribution in [0.3, 0.4) is 0 Å². The molecule has 0 amide bonds. The van der Waals surface area contributed by atoms with Crippen LogP contribution in [-0.2, 0) is 10.0 Å². The molecule has 0 aliphatic carbocycles. The van der Waals surface area contributed by atoms with Crippen molar-refractivity contribution in [3.63, 3.8) is 0 Å². The Balaban J connectivity index is 0.00000243. The predicted molar refractivity (Wildman–Crippen MR) is 99.0 cm³/mol. The molecule has 13 heteroatoms. The lowest BCUT2D eigenvalue weighted by molar-refractivity contribution is 0.520.